The van der Waals surface area contributed by atoms with Gasteiger partial charge in [0, 0.05) is 25.7 Å². The number of nitrogens with zero attached hydrogens (tertiary/aromatic N) is 1. The second-order valence-corrected chi connectivity index (χ2v) is 6.37. The molecule has 0 aliphatic carbocycles. The first-order valence-electron chi connectivity index (χ1n) is 5.50. The summed E-state index contributed by atoms with van der Waals surface area (Å²) in [5.41, 5.74) is 0. The molecule has 102 valence electrons. The summed E-state index contributed by atoms with van der Waals surface area (Å²) < 4.78 is 26.4. The van der Waals surface area contributed by atoms with Crippen LogP contribution in [0.25, 0.3) is 0 Å². The summed E-state index contributed by atoms with van der Waals surface area (Å²) in [6.45, 7) is 3.72. The van der Waals surface area contributed by atoms with Crippen molar-refractivity contribution in [3.63, 3.8) is 0 Å². The van der Waals surface area contributed by atoms with Gasteiger partial charge in [-0.2, -0.15) is 4.31 Å². The highest BCUT2D eigenvalue weighted by molar-refractivity contribution is 7.89. The van der Waals surface area contributed by atoms with Gasteiger partial charge in [-0.1, -0.05) is 23.7 Å². The van der Waals surface area contributed by atoms with Gasteiger partial charge in [-0.05, 0) is 19.1 Å². The Bertz CT molecular complexity index is 508. The van der Waals surface area contributed by atoms with E-state index in [1.807, 2.05) is 6.92 Å². The van der Waals surface area contributed by atoms with Crippen LogP contribution in [0.3, 0.4) is 0 Å². The fraction of sp³-hybridized carbons (Fsp3) is 0.455. The quantitative estimate of drug-likeness (QED) is 0.905. The summed E-state index contributed by atoms with van der Waals surface area (Å²) >= 11 is 5.95. The van der Waals surface area contributed by atoms with E-state index in [0.717, 1.165) is 0 Å². The van der Waals surface area contributed by atoms with Crippen molar-refractivity contribution in [3.05, 3.63) is 29.3 Å². The highest BCUT2D eigenvalue weighted by atomic mass is 35.5. The Hall–Kier alpha value is -0.330. The van der Waals surface area contributed by atoms with Crippen molar-refractivity contribution in [1.82, 2.24) is 9.62 Å². The van der Waals surface area contributed by atoms with Gasteiger partial charge in [-0.3, -0.25) is 0 Å². The molecule has 1 aliphatic heterocycles. The summed E-state index contributed by atoms with van der Waals surface area (Å²) in [6.07, 6.45) is 0. The first-order valence-corrected chi connectivity index (χ1v) is 7.32. The second kappa shape index (κ2) is 6.21. The average Bonchev–Trinajstić information content (AvgIpc) is 2.29. The van der Waals surface area contributed by atoms with Crippen LogP contribution in [0, 0.1) is 0 Å². The molecule has 1 aliphatic rings. The van der Waals surface area contributed by atoms with E-state index in [4.69, 9.17) is 11.6 Å². The molecule has 0 aromatic heterocycles. The molecule has 1 N–H and O–H groups in total. The molecular formula is C11H16Cl2N2O2S. The average molecular weight is 311 g/mol. The molecule has 4 nitrogen and oxygen atoms in total. The number of piperazine rings is 1. The molecule has 1 unspecified atom stereocenters. The van der Waals surface area contributed by atoms with Crippen LogP contribution in [0.5, 0.6) is 0 Å². The molecule has 1 heterocycles. The lowest BCUT2D eigenvalue weighted by Crippen LogP contribution is -2.52. The van der Waals surface area contributed by atoms with Gasteiger partial charge in [0.1, 0.15) is 4.90 Å². The molecule has 0 saturated carbocycles. The third-order valence-corrected chi connectivity index (χ3v) is 5.38. The fourth-order valence-electron chi connectivity index (χ4n) is 1.96. The lowest BCUT2D eigenvalue weighted by molar-refractivity contribution is 0.284. The normalized spacial score (nSPS) is 21.3. The molecule has 0 spiro atoms. The zero-order valence-corrected chi connectivity index (χ0v) is 12.4. The summed E-state index contributed by atoms with van der Waals surface area (Å²) in [5, 5.41) is 3.44. The zero-order chi connectivity index (χ0) is 12.5. The van der Waals surface area contributed by atoms with Gasteiger partial charge in [0.25, 0.3) is 0 Å². The van der Waals surface area contributed by atoms with Crippen LogP contribution in [0.2, 0.25) is 5.02 Å². The first-order chi connectivity index (χ1) is 8.03. The predicted octanol–water partition coefficient (Wildman–Crippen LogP) is 1.74. The number of hydrogen-bond donors (Lipinski definition) is 1. The highest BCUT2D eigenvalue weighted by Gasteiger charge is 2.31. The molecule has 1 aromatic carbocycles. The SMILES string of the molecule is CC1CNCCN1S(=O)(=O)c1ccccc1Cl.Cl. The lowest BCUT2D eigenvalue weighted by atomic mass is 10.3. The van der Waals surface area contributed by atoms with Crippen molar-refractivity contribution < 1.29 is 8.42 Å². The van der Waals surface area contributed by atoms with E-state index in [1.165, 1.54) is 4.31 Å². The second-order valence-electron chi connectivity index (χ2n) is 4.10. The molecular weight excluding hydrogens is 295 g/mol. The van der Waals surface area contributed by atoms with Crippen molar-refractivity contribution in [2.45, 2.75) is 17.9 Å². The molecule has 0 radical (unpaired) electrons. The summed E-state index contributed by atoms with van der Waals surface area (Å²) in [6, 6.07) is 6.51. The van der Waals surface area contributed by atoms with E-state index in [-0.39, 0.29) is 28.4 Å². The van der Waals surface area contributed by atoms with Crippen LogP contribution < -0.4 is 5.32 Å². The molecule has 1 saturated heterocycles. The van der Waals surface area contributed by atoms with Crippen molar-refractivity contribution in [1.29, 1.82) is 0 Å². The Labute approximate surface area is 119 Å². The molecule has 0 amide bonds. The number of nitrogens with one attached hydrogen (secondary N) is 1. The largest absolute Gasteiger partial charge is 0.314 e. The predicted molar refractivity (Wildman–Crippen MR) is 74.9 cm³/mol. The van der Waals surface area contributed by atoms with Crippen LogP contribution in [0.1, 0.15) is 6.92 Å². The zero-order valence-electron chi connectivity index (χ0n) is 9.97. The van der Waals surface area contributed by atoms with E-state index >= 15 is 0 Å². The minimum Gasteiger partial charge on any atom is -0.314 e. The first kappa shape index (κ1) is 15.7. The van der Waals surface area contributed by atoms with Crippen LogP contribution in [-0.2, 0) is 10.0 Å². The molecule has 1 aromatic rings. The van der Waals surface area contributed by atoms with Crippen molar-refractivity contribution in [2.24, 2.45) is 0 Å². The molecule has 7 heteroatoms. The van der Waals surface area contributed by atoms with Crippen LogP contribution in [-0.4, -0.2) is 38.4 Å². The molecule has 1 atom stereocenters. The van der Waals surface area contributed by atoms with Gasteiger partial charge < -0.3 is 5.32 Å². The Morgan fingerprint density at radius 2 is 2.06 bits per heavy atom. The van der Waals surface area contributed by atoms with Crippen LogP contribution >= 0.6 is 24.0 Å². The number of sulfonamides is 1. The van der Waals surface area contributed by atoms with Crippen LogP contribution in [0.4, 0.5) is 0 Å². The third-order valence-electron chi connectivity index (χ3n) is 2.86. The third kappa shape index (κ3) is 2.97. The Kier molecular flexibility index (Phi) is 5.43. The van der Waals surface area contributed by atoms with E-state index in [2.05, 4.69) is 5.32 Å². The number of hydrogen-bond acceptors (Lipinski definition) is 3. The van der Waals surface area contributed by atoms with E-state index in [0.29, 0.717) is 19.6 Å². The summed E-state index contributed by atoms with van der Waals surface area (Å²) in [5.74, 6) is 0. The van der Waals surface area contributed by atoms with Crippen molar-refractivity contribution in [2.75, 3.05) is 19.6 Å². The minimum absolute atomic E-state index is 0. The highest BCUT2D eigenvalue weighted by Crippen LogP contribution is 2.25. The maximum Gasteiger partial charge on any atom is 0.244 e. The molecule has 1 fully saturated rings. The number of rotatable bonds is 2. The van der Waals surface area contributed by atoms with Gasteiger partial charge in [0.15, 0.2) is 0 Å². The minimum atomic E-state index is -3.48. The van der Waals surface area contributed by atoms with E-state index in [1.54, 1.807) is 24.3 Å². The lowest BCUT2D eigenvalue weighted by Gasteiger charge is -2.33. The fourth-order valence-corrected chi connectivity index (χ4v) is 4.09. The van der Waals surface area contributed by atoms with Crippen LogP contribution in [0.15, 0.2) is 29.2 Å². The van der Waals surface area contributed by atoms with Gasteiger partial charge in [-0.25, -0.2) is 8.42 Å². The van der Waals surface area contributed by atoms with E-state index < -0.39 is 10.0 Å². The van der Waals surface area contributed by atoms with Gasteiger partial charge >= 0.3 is 0 Å². The maximum absolute atomic E-state index is 12.4. The van der Waals surface area contributed by atoms with E-state index in [9.17, 15) is 8.42 Å². The monoisotopic (exact) mass is 310 g/mol. The van der Waals surface area contributed by atoms with Crippen molar-refractivity contribution in [3.8, 4) is 0 Å². The summed E-state index contributed by atoms with van der Waals surface area (Å²) in [7, 11) is -3.48. The van der Waals surface area contributed by atoms with Gasteiger partial charge in [-0.15, -0.1) is 12.4 Å². The number of halogens is 2. The Balaban J connectivity index is 0.00000162. The van der Waals surface area contributed by atoms with Gasteiger partial charge in [0.2, 0.25) is 10.0 Å². The molecule has 0 bridgehead atoms. The maximum atomic E-state index is 12.4. The summed E-state index contributed by atoms with van der Waals surface area (Å²) in [4.78, 5) is 0.190. The van der Waals surface area contributed by atoms with Crippen molar-refractivity contribution >= 4 is 34.0 Å². The number of benzene rings is 1. The Morgan fingerprint density at radius 1 is 1.39 bits per heavy atom. The smallest absolute Gasteiger partial charge is 0.244 e. The standard InChI is InChI=1S/C11H15ClN2O2S.ClH/c1-9-8-13-6-7-14(9)17(15,16)11-5-3-2-4-10(11)12;/h2-5,9,13H,6-8H2,1H3;1H. The topological polar surface area (TPSA) is 49.4 Å². The van der Waals surface area contributed by atoms with Gasteiger partial charge in [0.05, 0.1) is 5.02 Å². The molecule has 2 rings (SSSR count). The Morgan fingerprint density at radius 3 is 2.67 bits per heavy atom. The molecule has 18 heavy (non-hydrogen) atoms.